The van der Waals surface area contributed by atoms with Gasteiger partial charge in [-0.3, -0.25) is 0 Å². The average molecular weight is 457 g/mol. The first-order valence-corrected chi connectivity index (χ1v) is 10.8. The van der Waals surface area contributed by atoms with Gasteiger partial charge in [0, 0.05) is 38.8 Å². The van der Waals surface area contributed by atoms with Gasteiger partial charge in [0.2, 0.25) is 5.28 Å². The maximum absolute atomic E-state index is 11.2. The van der Waals surface area contributed by atoms with Crippen LogP contribution in [0, 0.1) is 0 Å². The second-order valence-electron chi connectivity index (χ2n) is 7.30. The highest BCUT2D eigenvalue weighted by Crippen LogP contribution is 2.25. The Hall–Kier alpha value is -3.01. The summed E-state index contributed by atoms with van der Waals surface area (Å²) in [5, 5.41) is 3.65. The minimum Gasteiger partial charge on any atom is -0.466 e. The maximum Gasteiger partial charge on any atom is 0.330 e. The molecule has 168 valence electrons. The van der Waals surface area contributed by atoms with Crippen LogP contribution in [0.1, 0.15) is 11.1 Å². The minimum absolute atomic E-state index is 0.218. The van der Waals surface area contributed by atoms with E-state index in [1.165, 1.54) is 13.2 Å². The number of halogens is 1. The first-order valence-electron chi connectivity index (χ1n) is 10.4. The van der Waals surface area contributed by atoms with Gasteiger partial charge in [-0.25, -0.2) is 9.78 Å². The molecule has 2 aromatic heterocycles. The molecule has 1 aliphatic heterocycles. The van der Waals surface area contributed by atoms with Crippen molar-refractivity contribution in [2.45, 2.75) is 13.1 Å². The topological polar surface area (TPSA) is 94.4 Å². The van der Waals surface area contributed by atoms with Crippen molar-refractivity contribution in [3.63, 3.8) is 0 Å². The molecule has 10 heteroatoms. The number of rotatable bonds is 8. The molecule has 0 amide bonds. The number of aromatic nitrogens is 4. The monoisotopic (exact) mass is 456 g/mol. The summed E-state index contributed by atoms with van der Waals surface area (Å²) in [5.74, 6) is 0.391. The Bertz CT molecular complexity index is 1090. The maximum atomic E-state index is 11.2. The zero-order valence-electron chi connectivity index (χ0n) is 17.8. The molecule has 0 bridgehead atoms. The van der Waals surface area contributed by atoms with E-state index >= 15 is 0 Å². The number of esters is 1. The predicted molar refractivity (Wildman–Crippen MR) is 123 cm³/mol. The number of carbonyl (C=O) groups excluding carboxylic acids is 1. The van der Waals surface area contributed by atoms with Crippen LogP contribution >= 0.6 is 11.6 Å². The second-order valence-corrected chi connectivity index (χ2v) is 7.64. The molecule has 1 saturated heterocycles. The van der Waals surface area contributed by atoms with Gasteiger partial charge in [-0.15, -0.1) is 0 Å². The van der Waals surface area contributed by atoms with E-state index in [0.29, 0.717) is 19.8 Å². The number of morpholine rings is 1. The number of nitrogens with zero attached hydrogens (tertiary/aromatic N) is 5. The highest BCUT2D eigenvalue weighted by atomic mass is 35.5. The van der Waals surface area contributed by atoms with Gasteiger partial charge in [0.25, 0.3) is 0 Å². The lowest BCUT2D eigenvalue weighted by Gasteiger charge is -2.27. The van der Waals surface area contributed by atoms with Crippen LogP contribution in [0.3, 0.4) is 0 Å². The van der Waals surface area contributed by atoms with Crippen LogP contribution in [0.2, 0.25) is 5.28 Å². The molecule has 1 aromatic carbocycles. The van der Waals surface area contributed by atoms with Crippen molar-refractivity contribution >= 4 is 40.6 Å². The van der Waals surface area contributed by atoms with E-state index in [0.717, 1.165) is 54.3 Å². The van der Waals surface area contributed by atoms with Gasteiger partial charge < -0.3 is 24.3 Å². The van der Waals surface area contributed by atoms with Crippen LogP contribution < -0.4 is 10.2 Å². The summed E-state index contributed by atoms with van der Waals surface area (Å²) in [6, 6.07) is 7.98. The summed E-state index contributed by atoms with van der Waals surface area (Å²) >= 11 is 6.21. The van der Waals surface area contributed by atoms with Crippen LogP contribution in [0.25, 0.3) is 17.2 Å². The molecule has 0 unspecified atom stereocenters. The van der Waals surface area contributed by atoms with Gasteiger partial charge >= 0.3 is 5.97 Å². The van der Waals surface area contributed by atoms with E-state index in [9.17, 15) is 4.79 Å². The Morgan fingerprint density at radius 3 is 2.78 bits per heavy atom. The van der Waals surface area contributed by atoms with E-state index in [1.54, 1.807) is 12.4 Å². The van der Waals surface area contributed by atoms with Crippen molar-refractivity contribution in [1.82, 2.24) is 24.8 Å². The number of fused-ring (bicyclic) bond motifs is 1. The number of hydrogen-bond donors (Lipinski definition) is 1. The van der Waals surface area contributed by atoms with Gasteiger partial charge in [-0.05, 0) is 28.8 Å². The van der Waals surface area contributed by atoms with Crippen molar-refractivity contribution in [2.24, 2.45) is 0 Å². The summed E-state index contributed by atoms with van der Waals surface area (Å²) in [4.78, 5) is 26.7. The quantitative estimate of drug-likeness (QED) is 0.239. The standard InChI is InChI=1S/C22H25ClN6O3/c1-31-18(30)7-6-16-2-4-17(5-3-16)14-24-8-9-29-15-25-19-20(26-22(23)27-21(19)29)28-10-12-32-13-11-28/h2-7,15,24H,8-14H2,1H3. The van der Waals surface area contributed by atoms with Crippen LogP contribution in [0.4, 0.5) is 5.82 Å². The SMILES string of the molecule is COC(=O)C=Cc1ccc(CNCCn2cnc3c(N4CCOCC4)nc(Cl)nc32)cc1. The molecule has 0 aliphatic carbocycles. The summed E-state index contributed by atoms with van der Waals surface area (Å²) in [5.41, 5.74) is 3.58. The first-order chi connectivity index (χ1) is 15.6. The molecule has 32 heavy (non-hydrogen) atoms. The molecule has 1 aliphatic rings. The molecule has 3 aromatic rings. The van der Waals surface area contributed by atoms with Crippen LogP contribution in [-0.4, -0.2) is 65.4 Å². The summed E-state index contributed by atoms with van der Waals surface area (Å²) in [6.45, 7) is 5.01. The number of carbonyl (C=O) groups is 1. The summed E-state index contributed by atoms with van der Waals surface area (Å²) < 4.78 is 12.0. The van der Waals surface area contributed by atoms with Gasteiger partial charge in [0.05, 0.1) is 26.7 Å². The minimum atomic E-state index is -0.369. The van der Waals surface area contributed by atoms with Gasteiger partial charge in [-0.1, -0.05) is 24.3 Å². The fourth-order valence-electron chi connectivity index (χ4n) is 3.47. The lowest BCUT2D eigenvalue weighted by Crippen LogP contribution is -2.37. The fourth-order valence-corrected chi connectivity index (χ4v) is 3.63. The second kappa shape index (κ2) is 10.5. The van der Waals surface area contributed by atoms with Crippen molar-refractivity contribution in [1.29, 1.82) is 0 Å². The zero-order valence-corrected chi connectivity index (χ0v) is 18.6. The molecule has 1 N–H and O–H groups in total. The molecule has 0 atom stereocenters. The van der Waals surface area contributed by atoms with E-state index in [4.69, 9.17) is 16.3 Å². The van der Waals surface area contributed by atoms with Crippen molar-refractivity contribution in [3.05, 3.63) is 53.1 Å². The molecule has 0 saturated carbocycles. The number of ether oxygens (including phenoxy) is 2. The lowest BCUT2D eigenvalue weighted by molar-refractivity contribution is -0.134. The van der Waals surface area contributed by atoms with Crippen molar-refractivity contribution in [2.75, 3.05) is 44.9 Å². The van der Waals surface area contributed by atoms with E-state index in [-0.39, 0.29) is 11.3 Å². The van der Waals surface area contributed by atoms with Crippen LogP contribution in [-0.2, 0) is 27.4 Å². The Labute approximate surface area is 191 Å². The van der Waals surface area contributed by atoms with Gasteiger partial charge in [-0.2, -0.15) is 9.97 Å². The smallest absolute Gasteiger partial charge is 0.330 e. The highest BCUT2D eigenvalue weighted by Gasteiger charge is 2.20. The largest absolute Gasteiger partial charge is 0.466 e. The number of methoxy groups -OCH3 is 1. The Kier molecular flexibility index (Phi) is 7.31. The van der Waals surface area contributed by atoms with Crippen molar-refractivity contribution < 1.29 is 14.3 Å². The third-order valence-corrected chi connectivity index (χ3v) is 5.35. The molecule has 4 rings (SSSR count). The van der Waals surface area contributed by atoms with Crippen LogP contribution in [0.5, 0.6) is 0 Å². The van der Waals surface area contributed by atoms with Crippen LogP contribution in [0.15, 0.2) is 36.7 Å². The number of anilines is 1. The molecular weight excluding hydrogens is 432 g/mol. The summed E-state index contributed by atoms with van der Waals surface area (Å²) in [7, 11) is 1.36. The van der Waals surface area contributed by atoms with E-state index < -0.39 is 0 Å². The molecular formula is C22H25ClN6O3. The first kappa shape index (κ1) is 22.2. The molecule has 9 nitrogen and oxygen atoms in total. The lowest BCUT2D eigenvalue weighted by atomic mass is 10.1. The fraction of sp³-hybridized carbons (Fsp3) is 0.364. The Morgan fingerprint density at radius 1 is 1.25 bits per heavy atom. The number of hydrogen-bond acceptors (Lipinski definition) is 8. The zero-order chi connectivity index (χ0) is 22.3. The van der Waals surface area contributed by atoms with Gasteiger partial charge in [0.15, 0.2) is 17.0 Å². The molecule has 0 radical (unpaired) electrons. The van der Waals surface area contributed by atoms with Crippen molar-refractivity contribution in [3.8, 4) is 0 Å². The summed E-state index contributed by atoms with van der Waals surface area (Å²) in [6.07, 6.45) is 4.91. The Morgan fingerprint density at radius 2 is 2.03 bits per heavy atom. The Balaban J connectivity index is 1.34. The number of nitrogens with one attached hydrogen (secondary N) is 1. The van der Waals surface area contributed by atoms with E-state index in [2.05, 4.69) is 29.9 Å². The third kappa shape index (κ3) is 5.42. The van der Waals surface area contributed by atoms with E-state index in [1.807, 2.05) is 28.8 Å². The number of imidazole rings is 1. The molecule has 0 spiro atoms. The third-order valence-electron chi connectivity index (χ3n) is 5.18. The predicted octanol–water partition coefficient (Wildman–Crippen LogP) is 2.29. The average Bonchev–Trinajstić information content (AvgIpc) is 3.23. The highest BCUT2D eigenvalue weighted by molar-refractivity contribution is 6.28. The molecule has 3 heterocycles. The molecule has 1 fully saturated rings. The van der Waals surface area contributed by atoms with Gasteiger partial charge in [0.1, 0.15) is 0 Å². The normalized spacial score (nSPS) is 14.4. The number of benzene rings is 1.